The lowest BCUT2D eigenvalue weighted by Crippen LogP contribution is -2.18. The first-order chi connectivity index (χ1) is 19.9. The maximum Gasteiger partial charge on any atom is 0.231 e. The Balaban J connectivity index is 0.000000171. The molecule has 4 heterocycles. The Labute approximate surface area is 258 Å². The Bertz CT molecular complexity index is 1710. The minimum atomic E-state index is -0.00851. The second-order valence-corrected chi connectivity index (χ2v) is 15.7. The van der Waals surface area contributed by atoms with Crippen LogP contribution in [0.15, 0.2) is 24.3 Å². The van der Waals surface area contributed by atoms with E-state index in [9.17, 15) is 0 Å². The van der Waals surface area contributed by atoms with Crippen molar-refractivity contribution in [1.29, 1.82) is 0 Å². The zero-order chi connectivity index (χ0) is 31.6. The molecule has 0 aliphatic carbocycles. The fourth-order valence-electron chi connectivity index (χ4n) is 6.04. The van der Waals surface area contributed by atoms with E-state index in [-0.39, 0.29) is 23.0 Å². The average molecular weight is 583 g/mol. The van der Waals surface area contributed by atoms with Gasteiger partial charge in [0.2, 0.25) is 6.79 Å². The topological polar surface area (TPSA) is 53.5 Å². The van der Waals surface area contributed by atoms with Crippen LogP contribution in [0.5, 0.6) is 17.2 Å². The quantitative estimate of drug-likeness (QED) is 0.224. The number of nitrogens with zero attached hydrogens (tertiary/aromatic N) is 2. The molecule has 2 aromatic heterocycles. The van der Waals surface area contributed by atoms with Gasteiger partial charge in [-0.1, -0.05) is 76.2 Å². The maximum absolute atomic E-state index is 5.82. The molecule has 5 heteroatoms. The lowest BCUT2D eigenvalue weighted by molar-refractivity contribution is 0.174. The van der Waals surface area contributed by atoms with Crippen molar-refractivity contribution in [3.63, 3.8) is 0 Å². The van der Waals surface area contributed by atoms with Crippen LogP contribution < -0.4 is 14.2 Å². The summed E-state index contributed by atoms with van der Waals surface area (Å²) < 4.78 is 17.2. The molecule has 0 unspecified atom stereocenters. The summed E-state index contributed by atoms with van der Waals surface area (Å²) in [6.45, 7) is 29.8. The van der Waals surface area contributed by atoms with E-state index in [0.717, 1.165) is 52.6 Å². The summed E-state index contributed by atoms with van der Waals surface area (Å²) in [6, 6.07) is 9.00. The van der Waals surface area contributed by atoms with Crippen molar-refractivity contribution in [2.24, 2.45) is 0 Å². The molecule has 43 heavy (non-hydrogen) atoms. The van der Waals surface area contributed by atoms with Gasteiger partial charge in [0.15, 0.2) is 11.5 Å². The summed E-state index contributed by atoms with van der Waals surface area (Å²) in [4.78, 5) is 9.95. The third-order valence-corrected chi connectivity index (χ3v) is 8.54. The van der Waals surface area contributed by atoms with Crippen LogP contribution in [0.25, 0.3) is 21.8 Å². The zero-order valence-electron chi connectivity index (χ0n) is 28.6. The molecule has 0 spiro atoms. The van der Waals surface area contributed by atoms with E-state index >= 15 is 0 Å². The fourth-order valence-corrected chi connectivity index (χ4v) is 6.04. The highest BCUT2D eigenvalue weighted by Gasteiger charge is 2.29. The second-order valence-electron chi connectivity index (χ2n) is 15.7. The van der Waals surface area contributed by atoms with Crippen molar-refractivity contribution in [2.45, 2.75) is 119 Å². The molecule has 2 aromatic carbocycles. The third kappa shape index (κ3) is 5.80. The first-order valence-electron chi connectivity index (χ1n) is 15.7. The van der Waals surface area contributed by atoms with Gasteiger partial charge in [0.25, 0.3) is 0 Å². The molecule has 0 saturated heterocycles. The molecule has 0 atom stereocenters. The van der Waals surface area contributed by atoms with Gasteiger partial charge >= 0.3 is 0 Å². The number of fused-ring (bicyclic) bond motifs is 6. The normalized spacial score (nSPS) is 14.7. The molecular formula is C38H50N2O3. The molecule has 4 aromatic rings. The number of benzene rings is 2. The Hall–Kier alpha value is -3.34. The number of ether oxygens (including phenoxy) is 3. The van der Waals surface area contributed by atoms with E-state index < -0.39 is 0 Å². The van der Waals surface area contributed by atoms with Crippen LogP contribution in [0.2, 0.25) is 0 Å². The van der Waals surface area contributed by atoms with Crippen LogP contribution in [0.3, 0.4) is 0 Å². The van der Waals surface area contributed by atoms with E-state index in [0.29, 0.717) is 5.92 Å². The van der Waals surface area contributed by atoms with Crippen molar-refractivity contribution in [1.82, 2.24) is 9.97 Å². The van der Waals surface area contributed by atoms with E-state index in [1.54, 1.807) is 0 Å². The summed E-state index contributed by atoms with van der Waals surface area (Å²) in [7, 11) is 0. The fraction of sp³-hybridized carbons (Fsp3) is 0.526. The maximum atomic E-state index is 5.82. The van der Waals surface area contributed by atoms with Gasteiger partial charge in [0, 0.05) is 45.0 Å². The average Bonchev–Trinajstić information content (AvgIpc) is 3.58. The molecule has 230 valence electrons. The van der Waals surface area contributed by atoms with Crippen molar-refractivity contribution in [3.8, 4) is 17.2 Å². The van der Waals surface area contributed by atoms with Crippen LogP contribution in [0, 0.1) is 13.8 Å². The van der Waals surface area contributed by atoms with Gasteiger partial charge in [-0.3, -0.25) is 4.98 Å². The molecule has 2 aliphatic rings. The van der Waals surface area contributed by atoms with Gasteiger partial charge in [-0.2, -0.15) is 0 Å². The number of pyridine rings is 2. The minimum absolute atomic E-state index is 0.00851. The van der Waals surface area contributed by atoms with E-state index in [4.69, 9.17) is 24.2 Å². The highest BCUT2D eigenvalue weighted by molar-refractivity contribution is 5.92. The zero-order valence-corrected chi connectivity index (χ0v) is 28.6. The van der Waals surface area contributed by atoms with Crippen LogP contribution in [-0.2, 0) is 22.7 Å². The molecule has 0 saturated carbocycles. The van der Waals surface area contributed by atoms with E-state index in [1.165, 1.54) is 38.7 Å². The Morgan fingerprint density at radius 1 is 0.628 bits per heavy atom. The predicted molar refractivity (Wildman–Crippen MR) is 178 cm³/mol. The number of aryl methyl sites for hydroxylation is 2. The Morgan fingerprint density at radius 3 is 1.79 bits per heavy atom. The summed E-state index contributed by atoms with van der Waals surface area (Å²) in [6.07, 6.45) is 0.978. The van der Waals surface area contributed by atoms with Gasteiger partial charge in [0.05, 0.1) is 12.1 Å². The van der Waals surface area contributed by atoms with Crippen molar-refractivity contribution in [3.05, 3.63) is 63.5 Å². The number of aromatic nitrogens is 2. The number of hydrogen-bond donors (Lipinski definition) is 0. The molecule has 0 fully saturated rings. The smallest absolute Gasteiger partial charge is 0.231 e. The van der Waals surface area contributed by atoms with E-state index in [2.05, 4.69) is 114 Å². The molecule has 6 rings (SSSR count). The summed E-state index contributed by atoms with van der Waals surface area (Å²) in [5.74, 6) is 3.20. The Morgan fingerprint density at radius 2 is 1.19 bits per heavy atom. The monoisotopic (exact) mass is 582 g/mol. The summed E-state index contributed by atoms with van der Waals surface area (Å²) >= 11 is 0. The van der Waals surface area contributed by atoms with Gasteiger partial charge in [0.1, 0.15) is 11.3 Å². The predicted octanol–water partition coefficient (Wildman–Crippen LogP) is 9.77. The summed E-state index contributed by atoms with van der Waals surface area (Å²) in [5, 5.41) is 2.47. The minimum Gasteiger partial charge on any atom is -0.493 e. The molecule has 0 amide bonds. The lowest BCUT2D eigenvalue weighted by Gasteiger charge is -2.26. The first kappa shape index (κ1) is 31.1. The Kier molecular flexibility index (Phi) is 7.72. The second kappa shape index (κ2) is 10.7. The molecule has 0 bridgehead atoms. The molecular weight excluding hydrogens is 532 g/mol. The largest absolute Gasteiger partial charge is 0.493 e. The SMILES string of the molecule is Cc1cc2c(C(C)(C)C)cc(C(C)(C)C)nc2c2c1OCO2.Cc1cc2c(C(C)C)cc(C(C)(C)C)nc2c2c1OCC2. The first-order valence-corrected chi connectivity index (χ1v) is 15.7. The van der Waals surface area contributed by atoms with Crippen LogP contribution in [0.4, 0.5) is 0 Å². The molecule has 0 N–H and O–H groups in total. The lowest BCUT2D eigenvalue weighted by atomic mass is 9.81. The highest BCUT2D eigenvalue weighted by atomic mass is 16.7. The third-order valence-electron chi connectivity index (χ3n) is 8.54. The van der Waals surface area contributed by atoms with Crippen molar-refractivity contribution >= 4 is 21.8 Å². The van der Waals surface area contributed by atoms with Crippen molar-refractivity contribution < 1.29 is 14.2 Å². The molecule has 5 nitrogen and oxygen atoms in total. The molecule has 0 radical (unpaired) electrons. The number of rotatable bonds is 1. The van der Waals surface area contributed by atoms with Gasteiger partial charge < -0.3 is 14.2 Å². The van der Waals surface area contributed by atoms with E-state index in [1.807, 2.05) is 0 Å². The van der Waals surface area contributed by atoms with Gasteiger partial charge in [-0.05, 0) is 71.7 Å². The number of hydrogen-bond acceptors (Lipinski definition) is 5. The van der Waals surface area contributed by atoms with Crippen molar-refractivity contribution in [2.75, 3.05) is 13.4 Å². The van der Waals surface area contributed by atoms with Crippen LogP contribution in [0.1, 0.15) is 121 Å². The van der Waals surface area contributed by atoms with Gasteiger partial charge in [-0.25, -0.2) is 4.98 Å². The highest BCUT2D eigenvalue weighted by Crippen LogP contribution is 2.45. The molecule has 2 aliphatic heterocycles. The van der Waals surface area contributed by atoms with Gasteiger partial charge in [-0.15, -0.1) is 0 Å². The van der Waals surface area contributed by atoms with Crippen LogP contribution >= 0.6 is 0 Å². The van der Waals surface area contributed by atoms with Crippen LogP contribution in [-0.4, -0.2) is 23.4 Å². The summed E-state index contributed by atoms with van der Waals surface area (Å²) in [5.41, 5.74) is 10.8. The standard InChI is InChI=1S/C19H25NO2.C19H25NO/c1-11-8-12-13(18(2,3)4)9-14(19(5,6)7)20-15(12)17-16(11)21-10-22-17;1-11(2)14-10-16(19(4,5)6)20-17-13-7-8-21-18(13)12(3)9-15(14)17/h8-9H,10H2,1-7H3;9-11H,7-8H2,1-6H3.